The molecule has 146 valence electrons. The highest BCUT2D eigenvalue weighted by molar-refractivity contribution is 6.06. The molecule has 1 saturated heterocycles. The van der Waals surface area contributed by atoms with Crippen molar-refractivity contribution in [3.05, 3.63) is 59.7 Å². The molecule has 0 unspecified atom stereocenters. The highest BCUT2D eigenvalue weighted by atomic mass is 16.5. The molecular weight excluding hydrogens is 358 g/mol. The van der Waals surface area contributed by atoms with Gasteiger partial charge in [-0.25, -0.2) is 4.79 Å². The van der Waals surface area contributed by atoms with Crippen LogP contribution < -0.4 is 9.80 Å². The second kappa shape index (κ2) is 8.56. The van der Waals surface area contributed by atoms with Gasteiger partial charge in [0.15, 0.2) is 0 Å². The average Bonchev–Trinajstić information content (AvgIpc) is 3.13. The maximum atomic E-state index is 12.8. The van der Waals surface area contributed by atoms with E-state index < -0.39 is 0 Å². The zero-order chi connectivity index (χ0) is 20.1. The zero-order valence-electron chi connectivity index (χ0n) is 16.0. The summed E-state index contributed by atoms with van der Waals surface area (Å²) in [6.07, 6.45) is 0.943. The number of nitrogens with zero attached hydrogens (tertiary/aromatic N) is 3. The second-order valence-electron chi connectivity index (χ2n) is 6.56. The van der Waals surface area contributed by atoms with Crippen LogP contribution in [0.2, 0.25) is 0 Å². The van der Waals surface area contributed by atoms with Gasteiger partial charge in [-0.1, -0.05) is 29.4 Å². The predicted molar refractivity (Wildman–Crippen MR) is 107 cm³/mol. The Hall–Kier alpha value is -3.35. The number of rotatable bonds is 6. The van der Waals surface area contributed by atoms with E-state index in [1.807, 2.05) is 48.5 Å². The fourth-order valence-electron chi connectivity index (χ4n) is 3.15. The molecule has 0 aliphatic carbocycles. The molecule has 0 spiro atoms. The van der Waals surface area contributed by atoms with Crippen molar-refractivity contribution in [2.75, 3.05) is 30.0 Å². The summed E-state index contributed by atoms with van der Waals surface area (Å²) in [5.41, 5.74) is 3.98. The number of carbonyl (C=O) groups is 2. The van der Waals surface area contributed by atoms with E-state index in [-0.39, 0.29) is 12.0 Å². The molecule has 1 aliphatic heterocycles. The van der Waals surface area contributed by atoms with Crippen LogP contribution in [0.25, 0.3) is 0 Å². The van der Waals surface area contributed by atoms with Crippen molar-refractivity contribution in [2.45, 2.75) is 19.8 Å². The Balaban J connectivity index is 1.67. The number of hydrogen-bond donors (Lipinski definition) is 1. The van der Waals surface area contributed by atoms with Gasteiger partial charge in [-0.2, -0.15) is 0 Å². The first kappa shape index (κ1) is 19.4. The van der Waals surface area contributed by atoms with Crippen molar-refractivity contribution < 1.29 is 19.5 Å². The lowest BCUT2D eigenvalue weighted by atomic mass is 10.1. The smallest absolute Gasteiger partial charge is 0.329 e. The first-order chi connectivity index (χ1) is 13.5. The molecule has 1 heterocycles. The second-order valence-corrected chi connectivity index (χ2v) is 6.56. The Bertz CT molecular complexity index is 876. The van der Waals surface area contributed by atoms with Crippen LogP contribution in [0, 0.1) is 0 Å². The number of aryl methyl sites for hydroxylation is 1. The van der Waals surface area contributed by atoms with Gasteiger partial charge in [0.1, 0.15) is 0 Å². The Morgan fingerprint density at radius 2 is 1.57 bits per heavy atom. The van der Waals surface area contributed by atoms with E-state index in [4.69, 9.17) is 5.21 Å². The van der Waals surface area contributed by atoms with Gasteiger partial charge in [0.05, 0.1) is 12.8 Å². The van der Waals surface area contributed by atoms with Crippen LogP contribution in [0.3, 0.4) is 0 Å². The topological polar surface area (TPSA) is 82.4 Å². The van der Waals surface area contributed by atoms with E-state index in [1.165, 1.54) is 7.11 Å². The summed E-state index contributed by atoms with van der Waals surface area (Å²) in [7, 11) is 1.38. The number of esters is 1. The number of amides is 2. The molecule has 1 aliphatic rings. The highest BCUT2D eigenvalue weighted by Gasteiger charge is 2.30. The lowest BCUT2D eigenvalue weighted by Gasteiger charge is -2.19. The molecule has 28 heavy (non-hydrogen) atoms. The molecule has 0 bridgehead atoms. The molecule has 3 rings (SSSR count). The molecule has 2 amide bonds. The Morgan fingerprint density at radius 3 is 2.07 bits per heavy atom. The molecule has 7 heteroatoms. The summed E-state index contributed by atoms with van der Waals surface area (Å²) < 4.78 is 4.66. The third-order valence-electron chi connectivity index (χ3n) is 4.85. The monoisotopic (exact) mass is 381 g/mol. The number of oxime groups is 1. The van der Waals surface area contributed by atoms with Crippen LogP contribution in [0.1, 0.15) is 24.5 Å². The van der Waals surface area contributed by atoms with Gasteiger partial charge in [-0.05, 0) is 48.7 Å². The van der Waals surface area contributed by atoms with Gasteiger partial charge in [0.2, 0.25) is 0 Å². The van der Waals surface area contributed by atoms with Crippen molar-refractivity contribution in [1.82, 2.24) is 0 Å². The molecule has 1 fully saturated rings. The third kappa shape index (κ3) is 4.14. The molecule has 1 N–H and O–H groups in total. The average molecular weight is 381 g/mol. The van der Waals surface area contributed by atoms with E-state index in [1.54, 1.807) is 16.7 Å². The normalized spacial score (nSPS) is 14.5. The molecule has 2 aromatic rings. The van der Waals surface area contributed by atoms with Crippen LogP contribution in [-0.4, -0.2) is 43.1 Å². The number of benzene rings is 2. The van der Waals surface area contributed by atoms with Crippen LogP contribution in [0.15, 0.2) is 53.7 Å². The first-order valence-electron chi connectivity index (χ1n) is 9.07. The minimum absolute atomic E-state index is 0.0809. The van der Waals surface area contributed by atoms with E-state index in [9.17, 15) is 9.59 Å². The van der Waals surface area contributed by atoms with Crippen molar-refractivity contribution in [2.24, 2.45) is 5.16 Å². The summed E-state index contributed by atoms with van der Waals surface area (Å²) >= 11 is 0. The highest BCUT2D eigenvalue weighted by Crippen LogP contribution is 2.26. The van der Waals surface area contributed by atoms with E-state index in [0.717, 1.165) is 22.5 Å². The van der Waals surface area contributed by atoms with Crippen molar-refractivity contribution >= 4 is 29.1 Å². The van der Waals surface area contributed by atoms with Gasteiger partial charge in [-0.15, -0.1) is 0 Å². The van der Waals surface area contributed by atoms with E-state index >= 15 is 0 Å². The molecular formula is C21H23N3O4. The van der Waals surface area contributed by atoms with Gasteiger partial charge in [0, 0.05) is 30.9 Å². The maximum absolute atomic E-state index is 12.8. The summed E-state index contributed by atoms with van der Waals surface area (Å²) in [4.78, 5) is 27.6. The minimum atomic E-state index is -0.235. The Morgan fingerprint density at radius 1 is 1.04 bits per heavy atom. The summed E-state index contributed by atoms with van der Waals surface area (Å²) in [6.45, 7) is 2.90. The number of methoxy groups -OCH3 is 1. The molecule has 7 nitrogen and oxygen atoms in total. The van der Waals surface area contributed by atoms with Crippen LogP contribution >= 0.6 is 0 Å². The number of carbonyl (C=O) groups excluding carboxylic acids is 2. The van der Waals surface area contributed by atoms with Crippen LogP contribution in [-0.2, 0) is 16.0 Å². The Kier molecular flexibility index (Phi) is 5.93. The van der Waals surface area contributed by atoms with Crippen molar-refractivity contribution in [1.29, 1.82) is 0 Å². The fourth-order valence-corrected chi connectivity index (χ4v) is 3.15. The quantitative estimate of drug-likeness (QED) is 0.360. The van der Waals surface area contributed by atoms with Crippen LogP contribution in [0.5, 0.6) is 0 Å². The predicted octanol–water partition coefficient (Wildman–Crippen LogP) is 3.44. The fraction of sp³-hybridized carbons (Fsp3) is 0.286. The number of anilines is 2. The van der Waals surface area contributed by atoms with Gasteiger partial charge >= 0.3 is 12.0 Å². The minimum Gasteiger partial charge on any atom is -0.469 e. The molecule has 0 atom stereocenters. The standard InChI is InChI=1S/C21H23N3O4/c1-15(22-27)17-6-10-19(11-7-17)24-14-13-23(21(24)26)18-8-3-16(4-9-18)5-12-20(25)28-2/h3-4,6-11,27H,5,12-14H2,1-2H3. The number of ether oxygens (including phenoxy) is 1. The van der Waals surface area contributed by atoms with E-state index in [0.29, 0.717) is 31.6 Å². The van der Waals surface area contributed by atoms with E-state index in [2.05, 4.69) is 9.89 Å². The largest absolute Gasteiger partial charge is 0.469 e. The SMILES string of the molecule is COC(=O)CCc1ccc(N2CCN(c3ccc(C(C)=NO)cc3)C2=O)cc1. The van der Waals surface area contributed by atoms with Gasteiger partial charge in [0.25, 0.3) is 0 Å². The molecule has 0 aromatic heterocycles. The lowest BCUT2D eigenvalue weighted by molar-refractivity contribution is -0.140. The van der Waals surface area contributed by atoms with Gasteiger partial charge < -0.3 is 9.94 Å². The van der Waals surface area contributed by atoms with Crippen molar-refractivity contribution in [3.8, 4) is 0 Å². The summed E-state index contributed by atoms with van der Waals surface area (Å²) in [6, 6.07) is 14.9. The molecule has 2 aromatic carbocycles. The van der Waals surface area contributed by atoms with Crippen molar-refractivity contribution in [3.63, 3.8) is 0 Å². The molecule has 0 saturated carbocycles. The maximum Gasteiger partial charge on any atom is 0.329 e. The molecule has 0 radical (unpaired) electrons. The Labute approximate surface area is 163 Å². The lowest BCUT2D eigenvalue weighted by Crippen LogP contribution is -2.31. The first-order valence-corrected chi connectivity index (χ1v) is 9.07. The summed E-state index contributed by atoms with van der Waals surface area (Å²) in [5, 5.41) is 12.0. The summed E-state index contributed by atoms with van der Waals surface area (Å²) in [5.74, 6) is -0.235. The van der Waals surface area contributed by atoms with Crippen LogP contribution in [0.4, 0.5) is 16.2 Å². The van der Waals surface area contributed by atoms with Gasteiger partial charge in [-0.3, -0.25) is 14.6 Å². The zero-order valence-corrected chi connectivity index (χ0v) is 16.0. The number of urea groups is 1. The third-order valence-corrected chi connectivity index (χ3v) is 4.85. The number of hydrogen-bond acceptors (Lipinski definition) is 5.